The highest BCUT2D eigenvalue weighted by atomic mass is 16.3. The second kappa shape index (κ2) is 4.73. The van der Waals surface area contributed by atoms with Crippen LogP contribution in [0.1, 0.15) is 54.1 Å². The van der Waals surface area contributed by atoms with Crippen molar-refractivity contribution in [2.45, 2.75) is 45.1 Å². The number of hydrogen-bond acceptors (Lipinski definition) is 2. The van der Waals surface area contributed by atoms with Crippen LogP contribution in [0.4, 0.5) is 0 Å². The number of amides is 1. The van der Waals surface area contributed by atoms with Gasteiger partial charge in [0, 0.05) is 5.56 Å². The Labute approximate surface area is 108 Å². The summed E-state index contributed by atoms with van der Waals surface area (Å²) in [6.45, 7) is 5.59. The third-order valence-corrected chi connectivity index (χ3v) is 3.40. The lowest BCUT2D eigenvalue weighted by Gasteiger charge is -2.23. The lowest BCUT2D eigenvalue weighted by Crippen LogP contribution is -2.46. The van der Waals surface area contributed by atoms with Gasteiger partial charge >= 0.3 is 0 Å². The summed E-state index contributed by atoms with van der Waals surface area (Å²) < 4.78 is 0. The van der Waals surface area contributed by atoms with Crippen molar-refractivity contribution in [1.29, 1.82) is 0 Å². The molecule has 0 heterocycles. The maximum Gasteiger partial charge on any atom is 0.251 e. The van der Waals surface area contributed by atoms with Crippen molar-refractivity contribution in [3.8, 4) is 0 Å². The molecular formula is C15H21NO2. The minimum Gasteiger partial charge on any atom is -0.394 e. The summed E-state index contributed by atoms with van der Waals surface area (Å²) in [7, 11) is 0. The fraction of sp³-hybridized carbons (Fsp3) is 0.533. The van der Waals surface area contributed by atoms with E-state index in [1.165, 1.54) is 24.0 Å². The van der Waals surface area contributed by atoms with Gasteiger partial charge in [-0.15, -0.1) is 0 Å². The van der Waals surface area contributed by atoms with Crippen molar-refractivity contribution < 1.29 is 9.90 Å². The van der Waals surface area contributed by atoms with E-state index in [0.717, 1.165) is 0 Å². The Morgan fingerprint density at radius 3 is 2.61 bits per heavy atom. The number of carbonyl (C=O) groups is 1. The third-order valence-electron chi connectivity index (χ3n) is 3.40. The predicted octanol–water partition coefficient (Wildman–Crippen LogP) is 2.37. The number of benzene rings is 1. The Morgan fingerprint density at radius 1 is 1.44 bits per heavy atom. The van der Waals surface area contributed by atoms with Gasteiger partial charge in [-0.3, -0.25) is 4.79 Å². The van der Waals surface area contributed by atoms with E-state index in [1.54, 1.807) is 13.8 Å². The van der Waals surface area contributed by atoms with Crippen LogP contribution in [-0.4, -0.2) is 23.2 Å². The third kappa shape index (κ3) is 2.91. The zero-order valence-electron chi connectivity index (χ0n) is 11.3. The van der Waals surface area contributed by atoms with Crippen molar-refractivity contribution in [2.24, 2.45) is 0 Å². The molecule has 0 aliphatic heterocycles. The molecule has 1 aromatic carbocycles. The number of aryl methyl sites for hydroxylation is 1. The molecule has 0 radical (unpaired) electrons. The van der Waals surface area contributed by atoms with Gasteiger partial charge in [0.2, 0.25) is 0 Å². The summed E-state index contributed by atoms with van der Waals surface area (Å²) in [6.07, 6.45) is 2.54. The van der Waals surface area contributed by atoms with Crippen LogP contribution >= 0.6 is 0 Å². The topological polar surface area (TPSA) is 49.3 Å². The summed E-state index contributed by atoms with van der Waals surface area (Å²) in [5.41, 5.74) is 2.64. The molecule has 0 atom stereocenters. The van der Waals surface area contributed by atoms with Crippen molar-refractivity contribution in [3.63, 3.8) is 0 Å². The van der Waals surface area contributed by atoms with Crippen LogP contribution in [0.2, 0.25) is 0 Å². The van der Waals surface area contributed by atoms with E-state index in [2.05, 4.69) is 18.3 Å². The minimum absolute atomic E-state index is 0.0715. The zero-order valence-corrected chi connectivity index (χ0v) is 11.3. The van der Waals surface area contributed by atoms with E-state index in [4.69, 9.17) is 5.11 Å². The number of aliphatic hydroxyl groups excluding tert-OH is 1. The van der Waals surface area contributed by atoms with Crippen LogP contribution in [-0.2, 0) is 0 Å². The monoisotopic (exact) mass is 247 g/mol. The summed E-state index contributed by atoms with van der Waals surface area (Å²) in [5, 5.41) is 12.0. The average Bonchev–Trinajstić information content (AvgIpc) is 3.12. The maximum atomic E-state index is 12.0. The summed E-state index contributed by atoms with van der Waals surface area (Å²) in [6, 6.07) is 5.88. The normalized spacial score (nSPS) is 15.6. The summed E-state index contributed by atoms with van der Waals surface area (Å²) in [5.74, 6) is 0.579. The van der Waals surface area contributed by atoms with Crippen LogP contribution < -0.4 is 5.32 Å². The molecule has 3 heteroatoms. The van der Waals surface area contributed by atoms with Gasteiger partial charge in [-0.1, -0.05) is 6.07 Å². The van der Waals surface area contributed by atoms with Crippen molar-refractivity contribution in [3.05, 3.63) is 34.9 Å². The molecule has 0 spiro atoms. The summed E-state index contributed by atoms with van der Waals surface area (Å²) >= 11 is 0. The number of rotatable bonds is 4. The molecule has 2 rings (SSSR count). The second-order valence-corrected chi connectivity index (χ2v) is 5.84. The molecule has 3 nitrogen and oxygen atoms in total. The Bertz CT molecular complexity index is 462. The molecule has 0 unspecified atom stereocenters. The van der Waals surface area contributed by atoms with E-state index in [-0.39, 0.29) is 12.5 Å². The molecule has 0 saturated heterocycles. The lowest BCUT2D eigenvalue weighted by atomic mass is 10.00. The zero-order chi connectivity index (χ0) is 13.3. The number of aliphatic hydroxyl groups is 1. The Hall–Kier alpha value is -1.35. The largest absolute Gasteiger partial charge is 0.394 e. The molecule has 1 aliphatic carbocycles. The van der Waals surface area contributed by atoms with Crippen LogP contribution in [0, 0.1) is 6.92 Å². The Morgan fingerprint density at radius 2 is 2.11 bits per heavy atom. The molecule has 1 amide bonds. The highest BCUT2D eigenvalue weighted by Crippen LogP contribution is 2.41. The highest BCUT2D eigenvalue weighted by Gasteiger charge is 2.26. The molecule has 98 valence electrons. The van der Waals surface area contributed by atoms with E-state index in [0.29, 0.717) is 11.5 Å². The Kier molecular flexibility index (Phi) is 3.44. The molecule has 2 N–H and O–H groups in total. The fourth-order valence-electron chi connectivity index (χ4n) is 2.09. The van der Waals surface area contributed by atoms with Crippen molar-refractivity contribution in [1.82, 2.24) is 5.32 Å². The van der Waals surface area contributed by atoms with E-state index in [9.17, 15) is 4.79 Å². The first-order valence-electron chi connectivity index (χ1n) is 6.47. The van der Waals surface area contributed by atoms with Gasteiger partial charge in [0.05, 0.1) is 12.1 Å². The smallest absolute Gasteiger partial charge is 0.251 e. The first-order chi connectivity index (χ1) is 8.43. The van der Waals surface area contributed by atoms with E-state index >= 15 is 0 Å². The standard InChI is InChI=1S/C15H21NO2/c1-10-8-12(6-7-13(10)11-4-5-11)14(18)16-15(2,3)9-17/h6-8,11,17H,4-5,9H2,1-3H3,(H,16,18). The van der Waals surface area contributed by atoms with Gasteiger partial charge in [-0.25, -0.2) is 0 Å². The molecular weight excluding hydrogens is 226 g/mol. The second-order valence-electron chi connectivity index (χ2n) is 5.84. The minimum atomic E-state index is -0.583. The van der Waals surface area contributed by atoms with Crippen LogP contribution in [0.15, 0.2) is 18.2 Å². The SMILES string of the molecule is Cc1cc(C(=O)NC(C)(C)CO)ccc1C1CC1. The average molecular weight is 247 g/mol. The van der Waals surface area contributed by atoms with Crippen LogP contribution in [0.3, 0.4) is 0 Å². The molecule has 1 aromatic rings. The number of nitrogens with one attached hydrogen (secondary N) is 1. The van der Waals surface area contributed by atoms with Gasteiger partial charge < -0.3 is 10.4 Å². The highest BCUT2D eigenvalue weighted by molar-refractivity contribution is 5.95. The molecule has 1 fully saturated rings. The Balaban J connectivity index is 2.13. The molecule has 0 bridgehead atoms. The number of carbonyl (C=O) groups excluding carboxylic acids is 1. The molecule has 1 aliphatic rings. The lowest BCUT2D eigenvalue weighted by molar-refractivity contribution is 0.0869. The summed E-state index contributed by atoms with van der Waals surface area (Å²) in [4.78, 5) is 12.0. The van der Waals surface area contributed by atoms with Crippen molar-refractivity contribution >= 4 is 5.91 Å². The van der Waals surface area contributed by atoms with Gasteiger partial charge in [0.15, 0.2) is 0 Å². The molecule has 18 heavy (non-hydrogen) atoms. The van der Waals surface area contributed by atoms with Crippen molar-refractivity contribution in [2.75, 3.05) is 6.61 Å². The first kappa shape index (κ1) is 13.1. The molecule has 0 aromatic heterocycles. The van der Waals surface area contributed by atoms with Crippen LogP contribution in [0.25, 0.3) is 0 Å². The quantitative estimate of drug-likeness (QED) is 0.858. The van der Waals surface area contributed by atoms with E-state index < -0.39 is 5.54 Å². The van der Waals surface area contributed by atoms with E-state index in [1.807, 2.05) is 12.1 Å². The predicted molar refractivity (Wildman–Crippen MR) is 71.8 cm³/mol. The molecule has 1 saturated carbocycles. The first-order valence-corrected chi connectivity index (χ1v) is 6.47. The van der Waals surface area contributed by atoms with Gasteiger partial charge in [-0.2, -0.15) is 0 Å². The van der Waals surface area contributed by atoms with Gasteiger partial charge in [-0.05, 0) is 62.8 Å². The number of hydrogen-bond donors (Lipinski definition) is 2. The van der Waals surface area contributed by atoms with Crippen LogP contribution in [0.5, 0.6) is 0 Å². The van der Waals surface area contributed by atoms with Gasteiger partial charge in [0.1, 0.15) is 0 Å². The maximum absolute atomic E-state index is 12.0. The van der Waals surface area contributed by atoms with Gasteiger partial charge in [0.25, 0.3) is 5.91 Å². The fourth-order valence-corrected chi connectivity index (χ4v) is 2.09.